The summed E-state index contributed by atoms with van der Waals surface area (Å²) in [5.41, 5.74) is 9.05. The molecule has 0 amide bonds. The first-order valence-corrected chi connectivity index (χ1v) is 7.11. The Morgan fingerprint density at radius 1 is 1.15 bits per heavy atom. The van der Waals surface area contributed by atoms with Gasteiger partial charge in [0.05, 0.1) is 6.54 Å². The third kappa shape index (κ3) is 2.57. The lowest BCUT2D eigenvalue weighted by Crippen LogP contribution is -2.34. The minimum absolute atomic E-state index is 0.227. The van der Waals surface area contributed by atoms with Gasteiger partial charge < -0.3 is 15.4 Å². The Morgan fingerprint density at radius 3 is 2.60 bits per heavy atom. The van der Waals surface area contributed by atoms with Gasteiger partial charge in [-0.2, -0.15) is 0 Å². The summed E-state index contributed by atoms with van der Waals surface area (Å²) in [7, 11) is 0. The van der Waals surface area contributed by atoms with Crippen LogP contribution in [0.5, 0.6) is 5.75 Å². The molecule has 1 atom stereocenters. The Kier molecular flexibility index (Phi) is 3.50. The minimum Gasteiger partial charge on any atom is -0.488 e. The van der Waals surface area contributed by atoms with Crippen LogP contribution in [0.4, 0.5) is 11.4 Å². The van der Waals surface area contributed by atoms with Crippen LogP contribution >= 0.6 is 0 Å². The van der Waals surface area contributed by atoms with Crippen LogP contribution in [0, 0.1) is 0 Å². The molecular weight excluding hydrogens is 248 g/mol. The Morgan fingerprint density at radius 2 is 1.90 bits per heavy atom. The molecule has 2 N–H and O–H groups in total. The molecule has 20 heavy (non-hydrogen) atoms. The monoisotopic (exact) mass is 268 g/mol. The second kappa shape index (κ2) is 5.45. The van der Waals surface area contributed by atoms with Gasteiger partial charge in [-0.15, -0.1) is 0 Å². The normalized spacial score (nSPS) is 16.6. The first-order chi connectivity index (χ1) is 9.76. The Bertz CT molecular complexity index is 555. The van der Waals surface area contributed by atoms with Gasteiger partial charge in [0.15, 0.2) is 0 Å². The third-order valence-corrected chi connectivity index (χ3v) is 3.78. The molecular formula is C17H20N2O. The van der Waals surface area contributed by atoms with Crippen molar-refractivity contribution < 1.29 is 4.74 Å². The molecule has 0 fully saturated rings. The average Bonchev–Trinajstić information content (AvgIpc) is 2.88. The van der Waals surface area contributed by atoms with Crippen molar-refractivity contribution in [3.05, 3.63) is 54.1 Å². The van der Waals surface area contributed by atoms with E-state index in [4.69, 9.17) is 10.5 Å². The highest BCUT2D eigenvalue weighted by molar-refractivity contribution is 5.53. The van der Waals surface area contributed by atoms with Crippen molar-refractivity contribution in [2.45, 2.75) is 19.4 Å². The van der Waals surface area contributed by atoms with Crippen LogP contribution in [0.2, 0.25) is 0 Å². The lowest BCUT2D eigenvalue weighted by molar-refractivity contribution is 0.237. The van der Waals surface area contributed by atoms with Gasteiger partial charge in [0, 0.05) is 24.3 Å². The summed E-state index contributed by atoms with van der Waals surface area (Å²) < 4.78 is 6.02. The molecule has 0 saturated carbocycles. The SMILES string of the molecule is CCN(CC1Cc2ccccc2O1)c1ccc(N)cc1. The number of rotatable bonds is 4. The van der Waals surface area contributed by atoms with E-state index in [0.29, 0.717) is 0 Å². The van der Waals surface area contributed by atoms with E-state index in [0.717, 1.165) is 30.9 Å². The number of fused-ring (bicyclic) bond motifs is 1. The van der Waals surface area contributed by atoms with E-state index in [2.05, 4.69) is 42.2 Å². The van der Waals surface area contributed by atoms with Crippen molar-refractivity contribution in [1.82, 2.24) is 0 Å². The number of nitrogens with two attached hydrogens (primary N) is 1. The number of nitrogen functional groups attached to an aromatic ring is 1. The molecule has 1 heterocycles. The van der Waals surface area contributed by atoms with E-state index >= 15 is 0 Å². The van der Waals surface area contributed by atoms with E-state index in [9.17, 15) is 0 Å². The molecule has 0 spiro atoms. The smallest absolute Gasteiger partial charge is 0.123 e. The molecule has 1 unspecified atom stereocenters. The zero-order chi connectivity index (χ0) is 13.9. The van der Waals surface area contributed by atoms with Gasteiger partial charge >= 0.3 is 0 Å². The van der Waals surface area contributed by atoms with E-state index in [1.165, 1.54) is 11.3 Å². The molecule has 0 radical (unpaired) electrons. The molecule has 1 aliphatic heterocycles. The van der Waals surface area contributed by atoms with E-state index in [-0.39, 0.29) is 6.10 Å². The van der Waals surface area contributed by atoms with E-state index in [1.54, 1.807) is 0 Å². The number of anilines is 2. The van der Waals surface area contributed by atoms with Gasteiger partial charge in [-0.05, 0) is 42.8 Å². The zero-order valence-electron chi connectivity index (χ0n) is 11.8. The first kappa shape index (κ1) is 12.9. The van der Waals surface area contributed by atoms with Gasteiger partial charge in [-0.3, -0.25) is 0 Å². The van der Waals surface area contributed by atoms with Crippen LogP contribution in [-0.4, -0.2) is 19.2 Å². The van der Waals surface area contributed by atoms with Crippen molar-refractivity contribution >= 4 is 11.4 Å². The molecule has 0 aliphatic carbocycles. The molecule has 3 rings (SSSR count). The Labute approximate surface area is 120 Å². The largest absolute Gasteiger partial charge is 0.488 e. The molecule has 0 aromatic heterocycles. The number of hydrogen-bond donors (Lipinski definition) is 1. The average molecular weight is 268 g/mol. The van der Waals surface area contributed by atoms with Crippen LogP contribution in [-0.2, 0) is 6.42 Å². The topological polar surface area (TPSA) is 38.5 Å². The zero-order valence-corrected chi connectivity index (χ0v) is 11.8. The number of likely N-dealkylation sites (N-methyl/N-ethyl adjacent to an activating group) is 1. The van der Waals surface area contributed by atoms with Crippen LogP contribution in [0.25, 0.3) is 0 Å². The molecule has 2 aromatic rings. The lowest BCUT2D eigenvalue weighted by Gasteiger charge is -2.26. The number of benzene rings is 2. The fourth-order valence-corrected chi connectivity index (χ4v) is 2.70. The predicted octanol–water partition coefficient (Wildman–Crippen LogP) is 3.10. The molecule has 3 nitrogen and oxygen atoms in total. The van der Waals surface area contributed by atoms with Gasteiger partial charge in [0.25, 0.3) is 0 Å². The summed E-state index contributed by atoms with van der Waals surface area (Å²) in [6, 6.07) is 16.3. The highest BCUT2D eigenvalue weighted by Crippen LogP contribution is 2.29. The predicted molar refractivity (Wildman–Crippen MR) is 83.3 cm³/mol. The van der Waals surface area contributed by atoms with Crippen LogP contribution in [0.1, 0.15) is 12.5 Å². The minimum atomic E-state index is 0.227. The van der Waals surface area contributed by atoms with Gasteiger partial charge in [0.2, 0.25) is 0 Å². The fourth-order valence-electron chi connectivity index (χ4n) is 2.70. The quantitative estimate of drug-likeness (QED) is 0.866. The number of hydrogen-bond acceptors (Lipinski definition) is 3. The Balaban J connectivity index is 1.69. The maximum absolute atomic E-state index is 6.02. The van der Waals surface area contributed by atoms with Crippen molar-refractivity contribution in [1.29, 1.82) is 0 Å². The summed E-state index contributed by atoms with van der Waals surface area (Å²) in [5, 5.41) is 0. The van der Waals surface area contributed by atoms with Gasteiger partial charge in [0.1, 0.15) is 11.9 Å². The summed E-state index contributed by atoms with van der Waals surface area (Å²) in [6.07, 6.45) is 1.21. The fraction of sp³-hybridized carbons (Fsp3) is 0.294. The highest BCUT2D eigenvalue weighted by atomic mass is 16.5. The Hall–Kier alpha value is -2.16. The summed E-state index contributed by atoms with van der Waals surface area (Å²) in [5.74, 6) is 1.03. The molecule has 1 aliphatic rings. The van der Waals surface area contributed by atoms with E-state index in [1.807, 2.05) is 18.2 Å². The first-order valence-electron chi connectivity index (χ1n) is 7.11. The number of ether oxygens (including phenoxy) is 1. The van der Waals surface area contributed by atoms with Gasteiger partial charge in [-0.1, -0.05) is 18.2 Å². The third-order valence-electron chi connectivity index (χ3n) is 3.78. The lowest BCUT2D eigenvalue weighted by atomic mass is 10.1. The molecule has 2 aromatic carbocycles. The molecule has 0 bridgehead atoms. The summed E-state index contributed by atoms with van der Waals surface area (Å²) in [4.78, 5) is 2.33. The van der Waals surface area contributed by atoms with Crippen LogP contribution in [0.3, 0.4) is 0 Å². The summed E-state index contributed by atoms with van der Waals surface area (Å²) in [6.45, 7) is 4.02. The highest BCUT2D eigenvalue weighted by Gasteiger charge is 2.24. The van der Waals surface area contributed by atoms with Crippen molar-refractivity contribution in [3.63, 3.8) is 0 Å². The van der Waals surface area contributed by atoms with Crippen molar-refractivity contribution in [3.8, 4) is 5.75 Å². The second-order valence-electron chi connectivity index (χ2n) is 5.18. The molecule has 0 saturated heterocycles. The number of para-hydroxylation sites is 1. The van der Waals surface area contributed by atoms with Crippen molar-refractivity contribution in [2.24, 2.45) is 0 Å². The standard InChI is InChI=1S/C17H20N2O/c1-2-19(15-9-7-14(18)8-10-15)12-16-11-13-5-3-4-6-17(13)20-16/h3-10,16H,2,11-12,18H2,1H3. The summed E-state index contributed by atoms with van der Waals surface area (Å²) >= 11 is 0. The van der Waals surface area contributed by atoms with Crippen molar-refractivity contribution in [2.75, 3.05) is 23.7 Å². The van der Waals surface area contributed by atoms with E-state index < -0.39 is 0 Å². The molecule has 104 valence electrons. The van der Waals surface area contributed by atoms with Crippen LogP contribution in [0.15, 0.2) is 48.5 Å². The number of nitrogens with zero attached hydrogens (tertiary/aromatic N) is 1. The maximum Gasteiger partial charge on any atom is 0.123 e. The molecule has 3 heteroatoms. The van der Waals surface area contributed by atoms with Gasteiger partial charge in [-0.25, -0.2) is 0 Å². The second-order valence-corrected chi connectivity index (χ2v) is 5.18. The van der Waals surface area contributed by atoms with Crippen LogP contribution < -0.4 is 15.4 Å². The maximum atomic E-state index is 6.02.